The Balaban J connectivity index is 2.03. The van der Waals surface area contributed by atoms with Crippen LogP contribution >= 0.6 is 0 Å². The van der Waals surface area contributed by atoms with Gasteiger partial charge < -0.3 is 11.5 Å². The summed E-state index contributed by atoms with van der Waals surface area (Å²) >= 11 is 0. The molecule has 0 radical (unpaired) electrons. The van der Waals surface area contributed by atoms with Gasteiger partial charge in [-0.05, 0) is 31.0 Å². The largest absolute Gasteiger partial charge is 0.399 e. The van der Waals surface area contributed by atoms with Crippen LogP contribution in [0, 0.1) is 0 Å². The molecule has 2 rings (SSSR count). The molecule has 1 aliphatic rings. The van der Waals surface area contributed by atoms with Gasteiger partial charge in [-0.1, -0.05) is 12.1 Å². The summed E-state index contributed by atoms with van der Waals surface area (Å²) in [5.41, 5.74) is 13.8. The van der Waals surface area contributed by atoms with E-state index in [1.807, 2.05) is 18.2 Å². The number of benzene rings is 1. The van der Waals surface area contributed by atoms with E-state index in [1.165, 1.54) is 5.56 Å². The predicted molar refractivity (Wildman–Crippen MR) is 63.3 cm³/mol. The standard InChI is InChI=1S/C12H19N3/c1-9-12(14)5-6-15(9)8-10-3-2-4-11(13)7-10/h2-4,7,9,12H,5-6,8,13-14H2,1H3. The lowest BCUT2D eigenvalue weighted by atomic mass is 10.1. The van der Waals surface area contributed by atoms with Crippen molar-refractivity contribution in [2.75, 3.05) is 12.3 Å². The van der Waals surface area contributed by atoms with Crippen molar-refractivity contribution in [3.8, 4) is 0 Å². The second-order valence-electron chi connectivity index (χ2n) is 4.41. The summed E-state index contributed by atoms with van der Waals surface area (Å²) < 4.78 is 0. The van der Waals surface area contributed by atoms with Gasteiger partial charge in [-0.2, -0.15) is 0 Å². The third kappa shape index (κ3) is 2.30. The van der Waals surface area contributed by atoms with E-state index in [9.17, 15) is 0 Å². The summed E-state index contributed by atoms with van der Waals surface area (Å²) in [7, 11) is 0. The van der Waals surface area contributed by atoms with Gasteiger partial charge in [0.05, 0.1) is 0 Å². The molecule has 0 bridgehead atoms. The molecule has 1 saturated heterocycles. The zero-order chi connectivity index (χ0) is 10.8. The Morgan fingerprint density at radius 3 is 2.87 bits per heavy atom. The van der Waals surface area contributed by atoms with Crippen molar-refractivity contribution in [3.63, 3.8) is 0 Å². The molecule has 1 aliphatic heterocycles. The summed E-state index contributed by atoms with van der Waals surface area (Å²) in [4.78, 5) is 2.42. The highest BCUT2D eigenvalue weighted by atomic mass is 15.2. The quantitative estimate of drug-likeness (QED) is 0.713. The third-order valence-electron chi connectivity index (χ3n) is 3.28. The molecule has 2 unspecified atom stereocenters. The van der Waals surface area contributed by atoms with E-state index < -0.39 is 0 Å². The third-order valence-corrected chi connectivity index (χ3v) is 3.28. The van der Waals surface area contributed by atoms with Crippen molar-refractivity contribution < 1.29 is 0 Å². The van der Waals surface area contributed by atoms with Crippen molar-refractivity contribution in [3.05, 3.63) is 29.8 Å². The van der Waals surface area contributed by atoms with Gasteiger partial charge in [0, 0.05) is 30.9 Å². The number of nitrogens with zero attached hydrogens (tertiary/aromatic N) is 1. The van der Waals surface area contributed by atoms with Crippen LogP contribution in [0.25, 0.3) is 0 Å². The number of hydrogen-bond donors (Lipinski definition) is 2. The van der Waals surface area contributed by atoms with Crippen LogP contribution in [0.1, 0.15) is 18.9 Å². The molecule has 1 fully saturated rings. The first kappa shape index (κ1) is 10.5. The molecule has 3 nitrogen and oxygen atoms in total. The van der Waals surface area contributed by atoms with E-state index in [0.29, 0.717) is 12.1 Å². The molecular formula is C12H19N3. The van der Waals surface area contributed by atoms with Crippen LogP contribution in [-0.2, 0) is 6.54 Å². The maximum atomic E-state index is 5.99. The number of rotatable bonds is 2. The van der Waals surface area contributed by atoms with Crippen molar-refractivity contribution in [2.24, 2.45) is 5.73 Å². The minimum absolute atomic E-state index is 0.325. The normalized spacial score (nSPS) is 27.1. The highest BCUT2D eigenvalue weighted by Gasteiger charge is 2.27. The molecule has 1 aromatic carbocycles. The van der Waals surface area contributed by atoms with Gasteiger partial charge in [-0.15, -0.1) is 0 Å². The zero-order valence-corrected chi connectivity index (χ0v) is 9.19. The summed E-state index contributed by atoms with van der Waals surface area (Å²) in [6.45, 7) is 4.25. The van der Waals surface area contributed by atoms with E-state index >= 15 is 0 Å². The number of hydrogen-bond acceptors (Lipinski definition) is 3. The van der Waals surface area contributed by atoms with Gasteiger partial charge in [0.1, 0.15) is 0 Å². The van der Waals surface area contributed by atoms with Crippen LogP contribution in [-0.4, -0.2) is 23.5 Å². The number of likely N-dealkylation sites (tertiary alicyclic amines) is 1. The highest BCUT2D eigenvalue weighted by Crippen LogP contribution is 2.19. The average molecular weight is 205 g/mol. The predicted octanol–water partition coefficient (Wildman–Crippen LogP) is 1.19. The molecule has 0 amide bonds. The summed E-state index contributed by atoms with van der Waals surface area (Å²) in [6.07, 6.45) is 1.10. The van der Waals surface area contributed by atoms with Gasteiger partial charge in [-0.25, -0.2) is 0 Å². The first-order valence-corrected chi connectivity index (χ1v) is 5.51. The SMILES string of the molecule is CC1C(N)CCN1Cc1cccc(N)c1. The maximum Gasteiger partial charge on any atom is 0.0317 e. The molecule has 2 atom stereocenters. The van der Waals surface area contributed by atoms with Gasteiger partial charge in [0.25, 0.3) is 0 Å². The lowest BCUT2D eigenvalue weighted by Gasteiger charge is -2.22. The average Bonchev–Trinajstić information content (AvgIpc) is 2.50. The van der Waals surface area contributed by atoms with E-state index in [-0.39, 0.29) is 0 Å². The van der Waals surface area contributed by atoms with Crippen molar-refractivity contribution in [1.82, 2.24) is 4.90 Å². The van der Waals surface area contributed by atoms with Crippen molar-refractivity contribution in [2.45, 2.75) is 32.0 Å². The zero-order valence-electron chi connectivity index (χ0n) is 9.19. The van der Waals surface area contributed by atoms with Gasteiger partial charge in [-0.3, -0.25) is 4.90 Å². The monoisotopic (exact) mass is 205 g/mol. The highest BCUT2D eigenvalue weighted by molar-refractivity contribution is 5.40. The van der Waals surface area contributed by atoms with E-state index in [1.54, 1.807) is 0 Å². The fraction of sp³-hybridized carbons (Fsp3) is 0.500. The van der Waals surface area contributed by atoms with E-state index in [2.05, 4.69) is 17.9 Å². The number of nitrogen functional groups attached to an aromatic ring is 1. The maximum absolute atomic E-state index is 5.99. The fourth-order valence-corrected chi connectivity index (χ4v) is 2.18. The first-order valence-electron chi connectivity index (χ1n) is 5.51. The molecule has 4 N–H and O–H groups in total. The van der Waals surface area contributed by atoms with Gasteiger partial charge in [0.2, 0.25) is 0 Å². The summed E-state index contributed by atoms with van der Waals surface area (Å²) in [6, 6.07) is 8.88. The Kier molecular flexibility index (Phi) is 2.93. The Morgan fingerprint density at radius 1 is 1.47 bits per heavy atom. The Morgan fingerprint density at radius 2 is 2.27 bits per heavy atom. The Labute approximate surface area is 91.1 Å². The van der Waals surface area contributed by atoms with Crippen molar-refractivity contribution in [1.29, 1.82) is 0 Å². The lowest BCUT2D eigenvalue weighted by Crippen LogP contribution is -2.36. The summed E-state index contributed by atoms with van der Waals surface area (Å²) in [5, 5.41) is 0. The molecule has 0 spiro atoms. The van der Waals surface area contributed by atoms with Crippen LogP contribution in [0.15, 0.2) is 24.3 Å². The van der Waals surface area contributed by atoms with Crippen molar-refractivity contribution >= 4 is 5.69 Å². The molecule has 0 aliphatic carbocycles. The molecule has 1 heterocycles. The fourth-order valence-electron chi connectivity index (χ4n) is 2.18. The van der Waals surface area contributed by atoms with Gasteiger partial charge in [0.15, 0.2) is 0 Å². The second kappa shape index (κ2) is 4.21. The number of anilines is 1. The molecule has 82 valence electrons. The molecule has 0 saturated carbocycles. The van der Waals surface area contributed by atoms with Crippen LogP contribution in [0.3, 0.4) is 0 Å². The smallest absolute Gasteiger partial charge is 0.0317 e. The molecule has 3 heteroatoms. The molecule has 15 heavy (non-hydrogen) atoms. The Bertz CT molecular complexity index is 337. The van der Waals surface area contributed by atoms with E-state index in [0.717, 1.165) is 25.2 Å². The molecule has 1 aromatic rings. The Hall–Kier alpha value is -1.06. The van der Waals surface area contributed by atoms with E-state index in [4.69, 9.17) is 11.5 Å². The van der Waals surface area contributed by atoms with Crippen LogP contribution in [0.5, 0.6) is 0 Å². The van der Waals surface area contributed by atoms with Gasteiger partial charge >= 0.3 is 0 Å². The molecule has 0 aromatic heterocycles. The first-order chi connectivity index (χ1) is 7.16. The van der Waals surface area contributed by atoms with Crippen LogP contribution < -0.4 is 11.5 Å². The van der Waals surface area contributed by atoms with Crippen LogP contribution in [0.4, 0.5) is 5.69 Å². The van der Waals surface area contributed by atoms with Crippen LogP contribution in [0.2, 0.25) is 0 Å². The minimum atomic E-state index is 0.325. The molecular weight excluding hydrogens is 186 g/mol. The topological polar surface area (TPSA) is 55.3 Å². The number of nitrogens with two attached hydrogens (primary N) is 2. The minimum Gasteiger partial charge on any atom is -0.399 e. The summed E-state index contributed by atoms with van der Waals surface area (Å²) in [5.74, 6) is 0. The second-order valence-corrected chi connectivity index (χ2v) is 4.41. The lowest BCUT2D eigenvalue weighted by molar-refractivity contribution is 0.252.